The van der Waals surface area contributed by atoms with Crippen molar-refractivity contribution in [2.45, 2.75) is 32.7 Å². The minimum atomic E-state index is 0.973. The van der Waals surface area contributed by atoms with E-state index in [1.165, 1.54) is 49.2 Å². The number of benzene rings is 1. The molecule has 0 bridgehead atoms. The SMILES string of the molecule is CCCN1CCCc2cc(CNC)ccc21. The van der Waals surface area contributed by atoms with Crippen molar-refractivity contribution in [1.82, 2.24) is 5.32 Å². The van der Waals surface area contributed by atoms with E-state index in [2.05, 4.69) is 35.3 Å². The first kappa shape index (κ1) is 11.5. The van der Waals surface area contributed by atoms with Crippen LogP contribution in [0, 0.1) is 0 Å². The molecule has 88 valence electrons. The van der Waals surface area contributed by atoms with Crippen LogP contribution in [-0.2, 0) is 13.0 Å². The van der Waals surface area contributed by atoms with Gasteiger partial charge in [0.25, 0.3) is 0 Å². The third-order valence-corrected chi connectivity index (χ3v) is 3.23. The smallest absolute Gasteiger partial charge is 0.0398 e. The third-order valence-electron chi connectivity index (χ3n) is 3.23. The van der Waals surface area contributed by atoms with Crippen LogP contribution in [0.1, 0.15) is 30.9 Å². The highest BCUT2D eigenvalue weighted by Crippen LogP contribution is 2.28. The van der Waals surface area contributed by atoms with Gasteiger partial charge >= 0.3 is 0 Å². The summed E-state index contributed by atoms with van der Waals surface area (Å²) in [5, 5.41) is 3.21. The summed E-state index contributed by atoms with van der Waals surface area (Å²) in [6.45, 7) is 5.65. The lowest BCUT2D eigenvalue weighted by Crippen LogP contribution is -2.30. The van der Waals surface area contributed by atoms with Crippen molar-refractivity contribution in [3.63, 3.8) is 0 Å². The Balaban J connectivity index is 2.22. The molecule has 0 saturated carbocycles. The summed E-state index contributed by atoms with van der Waals surface area (Å²) >= 11 is 0. The summed E-state index contributed by atoms with van der Waals surface area (Å²) in [6, 6.07) is 6.92. The van der Waals surface area contributed by atoms with Gasteiger partial charge in [0.2, 0.25) is 0 Å². The minimum Gasteiger partial charge on any atom is -0.371 e. The van der Waals surface area contributed by atoms with E-state index in [0.29, 0.717) is 0 Å². The Morgan fingerprint density at radius 1 is 1.38 bits per heavy atom. The molecule has 1 N–H and O–H groups in total. The summed E-state index contributed by atoms with van der Waals surface area (Å²) < 4.78 is 0. The zero-order valence-corrected chi connectivity index (χ0v) is 10.4. The summed E-state index contributed by atoms with van der Waals surface area (Å²) in [7, 11) is 2.00. The predicted molar refractivity (Wildman–Crippen MR) is 70.0 cm³/mol. The monoisotopic (exact) mass is 218 g/mol. The number of anilines is 1. The zero-order chi connectivity index (χ0) is 11.4. The second-order valence-electron chi connectivity index (χ2n) is 4.58. The highest BCUT2D eigenvalue weighted by atomic mass is 15.1. The molecule has 1 heterocycles. The lowest BCUT2D eigenvalue weighted by Gasteiger charge is -2.31. The molecular formula is C14H22N2. The van der Waals surface area contributed by atoms with Gasteiger partial charge in [0, 0.05) is 25.3 Å². The van der Waals surface area contributed by atoms with Crippen molar-refractivity contribution in [1.29, 1.82) is 0 Å². The maximum Gasteiger partial charge on any atom is 0.0398 e. The van der Waals surface area contributed by atoms with Gasteiger partial charge in [-0.25, -0.2) is 0 Å². The molecule has 16 heavy (non-hydrogen) atoms. The van der Waals surface area contributed by atoms with E-state index in [1.807, 2.05) is 7.05 Å². The first-order valence-corrected chi connectivity index (χ1v) is 6.36. The molecule has 0 atom stereocenters. The molecule has 2 heteroatoms. The van der Waals surface area contributed by atoms with Crippen LogP contribution >= 0.6 is 0 Å². The number of nitrogens with zero attached hydrogens (tertiary/aromatic N) is 1. The van der Waals surface area contributed by atoms with Crippen LogP contribution in [0.25, 0.3) is 0 Å². The number of fused-ring (bicyclic) bond motifs is 1. The average molecular weight is 218 g/mol. The fourth-order valence-corrected chi connectivity index (χ4v) is 2.54. The number of hydrogen-bond acceptors (Lipinski definition) is 2. The number of aryl methyl sites for hydroxylation is 1. The van der Waals surface area contributed by atoms with Gasteiger partial charge in [-0.1, -0.05) is 19.1 Å². The Hall–Kier alpha value is -1.02. The van der Waals surface area contributed by atoms with Crippen LogP contribution in [0.15, 0.2) is 18.2 Å². The van der Waals surface area contributed by atoms with Gasteiger partial charge in [0.15, 0.2) is 0 Å². The highest BCUT2D eigenvalue weighted by molar-refractivity contribution is 5.56. The van der Waals surface area contributed by atoms with Crippen LogP contribution in [-0.4, -0.2) is 20.1 Å². The number of rotatable bonds is 4. The fourth-order valence-electron chi connectivity index (χ4n) is 2.54. The first-order valence-electron chi connectivity index (χ1n) is 6.36. The fraction of sp³-hybridized carbons (Fsp3) is 0.571. The molecule has 0 radical (unpaired) electrons. The van der Waals surface area contributed by atoms with Gasteiger partial charge in [0.1, 0.15) is 0 Å². The molecule has 1 aromatic rings. The van der Waals surface area contributed by atoms with Crippen LogP contribution < -0.4 is 10.2 Å². The largest absolute Gasteiger partial charge is 0.371 e. The van der Waals surface area contributed by atoms with Gasteiger partial charge in [0.05, 0.1) is 0 Å². The molecule has 1 aliphatic rings. The summed E-state index contributed by atoms with van der Waals surface area (Å²) in [5.41, 5.74) is 4.40. The highest BCUT2D eigenvalue weighted by Gasteiger charge is 2.15. The van der Waals surface area contributed by atoms with E-state index >= 15 is 0 Å². The van der Waals surface area contributed by atoms with E-state index in [-0.39, 0.29) is 0 Å². The molecule has 2 nitrogen and oxygen atoms in total. The molecule has 0 aromatic heterocycles. The summed E-state index contributed by atoms with van der Waals surface area (Å²) in [5.74, 6) is 0. The van der Waals surface area contributed by atoms with Crippen molar-refractivity contribution in [2.75, 3.05) is 25.0 Å². The second-order valence-corrected chi connectivity index (χ2v) is 4.58. The van der Waals surface area contributed by atoms with E-state index in [9.17, 15) is 0 Å². The maximum atomic E-state index is 3.21. The topological polar surface area (TPSA) is 15.3 Å². The Bertz CT molecular complexity index is 347. The predicted octanol–water partition coefficient (Wildman–Crippen LogP) is 2.57. The molecule has 0 saturated heterocycles. The zero-order valence-electron chi connectivity index (χ0n) is 10.4. The second kappa shape index (κ2) is 5.35. The number of hydrogen-bond donors (Lipinski definition) is 1. The Labute approximate surface area is 98.7 Å². The standard InChI is InChI=1S/C14H22N2/c1-3-8-16-9-4-5-13-10-12(11-15-2)6-7-14(13)16/h6-7,10,15H,3-5,8-9,11H2,1-2H3. The van der Waals surface area contributed by atoms with Crippen LogP contribution in [0.5, 0.6) is 0 Å². The third kappa shape index (κ3) is 2.38. The Morgan fingerprint density at radius 3 is 3.00 bits per heavy atom. The molecule has 0 unspecified atom stereocenters. The molecule has 1 aromatic carbocycles. The van der Waals surface area contributed by atoms with Gasteiger partial charge in [-0.05, 0) is 43.5 Å². The van der Waals surface area contributed by atoms with E-state index in [1.54, 1.807) is 0 Å². The summed E-state index contributed by atoms with van der Waals surface area (Å²) in [4.78, 5) is 2.53. The minimum absolute atomic E-state index is 0.973. The van der Waals surface area contributed by atoms with Gasteiger partial charge < -0.3 is 10.2 Å². The summed E-state index contributed by atoms with van der Waals surface area (Å²) in [6.07, 6.45) is 3.78. The molecular weight excluding hydrogens is 196 g/mol. The molecule has 0 fully saturated rings. The molecule has 2 rings (SSSR count). The molecule has 0 amide bonds. The van der Waals surface area contributed by atoms with Gasteiger partial charge in [-0.3, -0.25) is 0 Å². The Morgan fingerprint density at radius 2 is 2.25 bits per heavy atom. The molecule has 0 spiro atoms. The van der Waals surface area contributed by atoms with Crippen LogP contribution in [0.2, 0.25) is 0 Å². The molecule has 1 aliphatic heterocycles. The maximum absolute atomic E-state index is 3.21. The van der Waals surface area contributed by atoms with Crippen LogP contribution in [0.4, 0.5) is 5.69 Å². The average Bonchev–Trinajstić information content (AvgIpc) is 2.30. The van der Waals surface area contributed by atoms with Crippen molar-refractivity contribution in [3.05, 3.63) is 29.3 Å². The van der Waals surface area contributed by atoms with Gasteiger partial charge in [-0.2, -0.15) is 0 Å². The normalized spacial score (nSPS) is 15.0. The van der Waals surface area contributed by atoms with E-state index in [0.717, 1.165) is 6.54 Å². The van der Waals surface area contributed by atoms with Gasteiger partial charge in [-0.15, -0.1) is 0 Å². The van der Waals surface area contributed by atoms with E-state index < -0.39 is 0 Å². The Kier molecular flexibility index (Phi) is 3.83. The van der Waals surface area contributed by atoms with Crippen molar-refractivity contribution >= 4 is 5.69 Å². The quantitative estimate of drug-likeness (QED) is 0.835. The van der Waals surface area contributed by atoms with E-state index in [4.69, 9.17) is 0 Å². The van der Waals surface area contributed by atoms with Crippen molar-refractivity contribution in [3.8, 4) is 0 Å². The van der Waals surface area contributed by atoms with Crippen molar-refractivity contribution in [2.24, 2.45) is 0 Å². The van der Waals surface area contributed by atoms with Crippen molar-refractivity contribution < 1.29 is 0 Å². The lowest BCUT2D eigenvalue weighted by molar-refractivity contribution is 0.679. The first-order chi connectivity index (χ1) is 7.85. The number of nitrogens with one attached hydrogen (secondary N) is 1. The molecule has 0 aliphatic carbocycles. The van der Waals surface area contributed by atoms with Crippen LogP contribution in [0.3, 0.4) is 0 Å². The lowest BCUT2D eigenvalue weighted by atomic mass is 9.99.